The molecule has 0 heterocycles. The molecular formula is C17H32S. The first-order valence-electron chi connectivity index (χ1n) is 7.93. The first-order chi connectivity index (χ1) is 8.91. The lowest BCUT2D eigenvalue weighted by Crippen LogP contribution is -1.78. The molecule has 0 aliphatic rings. The highest BCUT2D eigenvalue weighted by Crippen LogP contribution is 2.09. The number of rotatable bonds is 14. The van der Waals surface area contributed by atoms with Crippen molar-refractivity contribution in [3.8, 4) is 0 Å². The van der Waals surface area contributed by atoms with E-state index in [2.05, 4.69) is 37.5 Å². The minimum Gasteiger partial charge on any atom is -0.169 e. The summed E-state index contributed by atoms with van der Waals surface area (Å²) in [6.45, 7) is 2.28. The summed E-state index contributed by atoms with van der Waals surface area (Å²) in [6, 6.07) is 0. The van der Waals surface area contributed by atoms with Crippen LogP contribution in [0.2, 0.25) is 0 Å². The van der Waals surface area contributed by atoms with Crippen molar-refractivity contribution < 1.29 is 0 Å². The van der Waals surface area contributed by atoms with Gasteiger partial charge in [0, 0.05) is 5.75 Å². The Balaban J connectivity index is 3.00. The van der Waals surface area contributed by atoms with Gasteiger partial charge in [0.15, 0.2) is 0 Å². The van der Waals surface area contributed by atoms with Crippen LogP contribution in [0.3, 0.4) is 0 Å². The molecule has 0 fully saturated rings. The van der Waals surface area contributed by atoms with Crippen LogP contribution in [0.25, 0.3) is 0 Å². The van der Waals surface area contributed by atoms with Crippen molar-refractivity contribution in [1.29, 1.82) is 0 Å². The molecule has 0 aromatic rings. The van der Waals surface area contributed by atoms with E-state index in [-0.39, 0.29) is 0 Å². The molecule has 0 N–H and O–H groups in total. The second kappa shape index (κ2) is 17.1. The fourth-order valence-electron chi connectivity index (χ4n) is 2.10. The summed E-state index contributed by atoms with van der Waals surface area (Å²) in [5, 5.41) is 0. The van der Waals surface area contributed by atoms with Gasteiger partial charge in [0.05, 0.1) is 0 Å². The number of unbranched alkanes of at least 4 members (excludes halogenated alkanes) is 11. The van der Waals surface area contributed by atoms with Gasteiger partial charge in [-0.1, -0.05) is 70.4 Å². The Labute approximate surface area is 121 Å². The van der Waals surface area contributed by atoms with E-state index in [9.17, 15) is 0 Å². The molecule has 0 nitrogen and oxygen atoms in total. The third-order valence-electron chi connectivity index (χ3n) is 3.30. The second-order valence-electron chi connectivity index (χ2n) is 5.14. The van der Waals surface area contributed by atoms with Crippen molar-refractivity contribution in [2.75, 3.05) is 0 Å². The summed E-state index contributed by atoms with van der Waals surface area (Å²) < 4.78 is 0. The maximum atomic E-state index is 3.98. The normalized spacial score (nSPS) is 11.4. The summed E-state index contributed by atoms with van der Waals surface area (Å²) in [5.41, 5.74) is 0. The number of hydrogen-bond donors (Lipinski definition) is 1. The standard InChI is InChI=1S/C17H32S/c1-2-3-4-5-6-7-8-9-10-11-12-13-14-15-16-17-18/h9-10,18H,2-8,11-16H2,1H3/b10-9-. The lowest BCUT2D eigenvalue weighted by atomic mass is 10.1. The highest BCUT2D eigenvalue weighted by Gasteiger charge is 1.89. The quantitative estimate of drug-likeness (QED) is 0.205. The van der Waals surface area contributed by atoms with Gasteiger partial charge in [0.2, 0.25) is 0 Å². The van der Waals surface area contributed by atoms with E-state index in [0.29, 0.717) is 0 Å². The first-order valence-corrected chi connectivity index (χ1v) is 8.38. The average molecular weight is 269 g/mol. The van der Waals surface area contributed by atoms with E-state index in [4.69, 9.17) is 0 Å². The molecule has 2 radical (unpaired) electrons. The van der Waals surface area contributed by atoms with Crippen LogP contribution in [-0.4, -0.2) is 0 Å². The van der Waals surface area contributed by atoms with Crippen molar-refractivity contribution in [2.24, 2.45) is 0 Å². The van der Waals surface area contributed by atoms with Gasteiger partial charge >= 0.3 is 0 Å². The number of allylic oxidation sites excluding steroid dienone is 2. The van der Waals surface area contributed by atoms with Crippen LogP contribution in [0.5, 0.6) is 0 Å². The molecule has 0 bridgehead atoms. The Kier molecular flexibility index (Phi) is 17.2. The van der Waals surface area contributed by atoms with Crippen molar-refractivity contribution >= 4 is 12.6 Å². The lowest BCUT2D eigenvalue weighted by Gasteiger charge is -1.98. The van der Waals surface area contributed by atoms with Crippen LogP contribution < -0.4 is 0 Å². The van der Waals surface area contributed by atoms with Crippen molar-refractivity contribution in [3.63, 3.8) is 0 Å². The fourth-order valence-corrected chi connectivity index (χ4v) is 2.26. The zero-order chi connectivity index (χ0) is 13.3. The first kappa shape index (κ1) is 18.1. The molecule has 0 aliphatic carbocycles. The van der Waals surface area contributed by atoms with Gasteiger partial charge in [-0.15, -0.1) is 0 Å². The highest BCUT2D eigenvalue weighted by molar-refractivity contribution is 7.82. The minimum atomic E-state index is 1.04. The Hall–Kier alpha value is 0.0900. The Morgan fingerprint density at radius 3 is 1.78 bits per heavy atom. The van der Waals surface area contributed by atoms with Gasteiger partial charge in [-0.25, -0.2) is 0 Å². The molecule has 0 atom stereocenters. The third kappa shape index (κ3) is 16.1. The number of hydrogen-bond acceptors (Lipinski definition) is 1. The van der Waals surface area contributed by atoms with Crippen LogP contribution in [0.4, 0.5) is 0 Å². The molecule has 0 saturated carbocycles. The van der Waals surface area contributed by atoms with Gasteiger partial charge in [-0.05, 0) is 32.1 Å². The zero-order valence-corrected chi connectivity index (χ0v) is 13.2. The lowest BCUT2D eigenvalue weighted by molar-refractivity contribution is 0.610. The van der Waals surface area contributed by atoms with Crippen LogP contribution in [0.15, 0.2) is 12.2 Å². The SMILES string of the molecule is CCCCCCCC/C=C\CCCCCC[C]S. The zero-order valence-electron chi connectivity index (χ0n) is 12.3. The van der Waals surface area contributed by atoms with Crippen molar-refractivity contribution in [1.82, 2.24) is 0 Å². The van der Waals surface area contributed by atoms with Crippen LogP contribution in [0, 0.1) is 5.75 Å². The van der Waals surface area contributed by atoms with Crippen LogP contribution >= 0.6 is 12.6 Å². The molecule has 0 rings (SSSR count). The van der Waals surface area contributed by atoms with Gasteiger partial charge in [-0.3, -0.25) is 0 Å². The summed E-state index contributed by atoms with van der Waals surface area (Å²) in [4.78, 5) is 0. The summed E-state index contributed by atoms with van der Waals surface area (Å²) >= 11 is 3.98. The average Bonchev–Trinajstić information content (AvgIpc) is 2.39. The van der Waals surface area contributed by atoms with Crippen LogP contribution in [0.1, 0.15) is 90.4 Å². The maximum Gasteiger partial charge on any atom is 0.0445 e. The molecule has 106 valence electrons. The minimum absolute atomic E-state index is 1.04. The molecule has 0 aromatic heterocycles. The summed E-state index contributed by atoms with van der Waals surface area (Å²) in [5.74, 6) is 2.89. The Morgan fingerprint density at radius 2 is 1.22 bits per heavy atom. The molecule has 18 heavy (non-hydrogen) atoms. The van der Waals surface area contributed by atoms with Gasteiger partial charge in [-0.2, -0.15) is 12.6 Å². The third-order valence-corrected chi connectivity index (χ3v) is 3.52. The molecule has 0 amide bonds. The molecule has 0 spiro atoms. The van der Waals surface area contributed by atoms with E-state index < -0.39 is 0 Å². The number of thiol groups is 1. The largest absolute Gasteiger partial charge is 0.169 e. The van der Waals surface area contributed by atoms with Gasteiger partial charge in [0.1, 0.15) is 0 Å². The smallest absolute Gasteiger partial charge is 0.0445 e. The molecule has 0 aliphatic heterocycles. The van der Waals surface area contributed by atoms with Gasteiger partial charge < -0.3 is 0 Å². The van der Waals surface area contributed by atoms with E-state index >= 15 is 0 Å². The van der Waals surface area contributed by atoms with E-state index in [1.54, 1.807) is 0 Å². The highest BCUT2D eigenvalue weighted by atomic mass is 32.1. The van der Waals surface area contributed by atoms with Crippen molar-refractivity contribution in [3.05, 3.63) is 17.9 Å². The Morgan fingerprint density at radius 1 is 0.722 bits per heavy atom. The second-order valence-corrected chi connectivity index (χ2v) is 5.46. The maximum absolute atomic E-state index is 3.98. The molecular weight excluding hydrogens is 236 g/mol. The molecule has 0 saturated heterocycles. The molecule has 1 heteroatoms. The monoisotopic (exact) mass is 268 g/mol. The predicted molar refractivity (Wildman–Crippen MR) is 87.1 cm³/mol. The molecule has 0 unspecified atom stereocenters. The van der Waals surface area contributed by atoms with Crippen LogP contribution in [-0.2, 0) is 0 Å². The summed E-state index contributed by atoms with van der Waals surface area (Å²) in [7, 11) is 0. The van der Waals surface area contributed by atoms with E-state index in [1.165, 1.54) is 77.0 Å². The predicted octanol–water partition coefficient (Wildman–Crippen LogP) is 6.60. The fraction of sp³-hybridized carbons (Fsp3) is 0.824. The molecule has 0 aromatic carbocycles. The topological polar surface area (TPSA) is 0 Å². The van der Waals surface area contributed by atoms with E-state index in [0.717, 1.165) is 6.42 Å². The van der Waals surface area contributed by atoms with Gasteiger partial charge in [0.25, 0.3) is 0 Å². The van der Waals surface area contributed by atoms with E-state index in [1.807, 2.05) is 0 Å². The summed E-state index contributed by atoms with van der Waals surface area (Å²) in [6.07, 6.45) is 22.1. The van der Waals surface area contributed by atoms with Crippen molar-refractivity contribution in [2.45, 2.75) is 90.4 Å². The Bertz CT molecular complexity index is 145.